The molecule has 1 aliphatic rings. The number of amides is 1. The van der Waals surface area contributed by atoms with E-state index < -0.39 is 12.1 Å². The third-order valence-corrected chi connectivity index (χ3v) is 7.56. The Morgan fingerprint density at radius 2 is 2.00 bits per heavy atom. The van der Waals surface area contributed by atoms with E-state index in [-0.39, 0.29) is 30.9 Å². The minimum absolute atomic E-state index is 0.0811. The third kappa shape index (κ3) is 7.92. The molecule has 2 aromatic heterocycles. The van der Waals surface area contributed by atoms with E-state index in [9.17, 15) is 14.4 Å². The molecule has 1 aliphatic heterocycles. The molecule has 3 N–H and O–H groups in total. The number of carbonyl (C=O) groups excluding carboxylic acids is 3. The van der Waals surface area contributed by atoms with E-state index in [1.54, 1.807) is 37.4 Å². The van der Waals surface area contributed by atoms with Crippen LogP contribution in [0, 0.1) is 0 Å². The number of aromatic nitrogens is 6. The number of halogens is 1. The number of hydrogen-bond acceptors (Lipinski definition) is 10. The Morgan fingerprint density at radius 1 is 1.16 bits per heavy atom. The molecule has 234 valence electrons. The minimum atomic E-state index is -0.609. The van der Waals surface area contributed by atoms with Crippen LogP contribution in [-0.2, 0) is 30.3 Å². The van der Waals surface area contributed by atoms with Crippen LogP contribution in [0.25, 0.3) is 23.0 Å². The summed E-state index contributed by atoms with van der Waals surface area (Å²) in [5.74, 6) is -0.465. The van der Waals surface area contributed by atoms with Gasteiger partial charge in [0.25, 0.3) is 0 Å². The number of rotatable bonds is 8. The average molecular weight is 633 g/mol. The second kappa shape index (κ2) is 14.6. The Balaban J connectivity index is 1.41. The fraction of sp³-hybridized carbons (Fsp3) is 0.323. The highest BCUT2D eigenvalue weighted by atomic mass is 35.5. The number of anilines is 1. The summed E-state index contributed by atoms with van der Waals surface area (Å²) in [6.07, 6.45) is 8.78. The summed E-state index contributed by atoms with van der Waals surface area (Å²) in [6, 6.07) is 9.68. The van der Waals surface area contributed by atoms with Gasteiger partial charge in [0.05, 0.1) is 43.8 Å². The highest BCUT2D eigenvalue weighted by Crippen LogP contribution is 2.32. The Morgan fingerprint density at radius 3 is 2.78 bits per heavy atom. The van der Waals surface area contributed by atoms with Crippen molar-refractivity contribution in [3.63, 3.8) is 0 Å². The lowest BCUT2D eigenvalue weighted by Gasteiger charge is -2.22. The molecule has 0 radical (unpaired) electrons. The zero-order valence-corrected chi connectivity index (χ0v) is 25.6. The number of ether oxygens (including phenoxy) is 2. The summed E-state index contributed by atoms with van der Waals surface area (Å²) < 4.78 is 11.7. The molecule has 2 bridgehead atoms. The molecule has 13 nitrogen and oxygen atoms in total. The van der Waals surface area contributed by atoms with Crippen LogP contribution < -0.4 is 10.6 Å². The van der Waals surface area contributed by atoms with Crippen LogP contribution in [-0.4, -0.2) is 67.8 Å². The van der Waals surface area contributed by atoms with Crippen molar-refractivity contribution in [1.82, 2.24) is 35.5 Å². The number of nitrogens with zero attached hydrogens (tertiary/aromatic N) is 5. The maximum absolute atomic E-state index is 13.2. The standard InChI is InChI=1S/C31H33ClN8O5/c1-3-45-31(43)24-7-5-4-6-23(36-28(41)13-9-20-16-21(32)10-12-27(20)40-18-34-38-39-40)30-33-17-26(37-30)22-11-8-19(14-25(22)35-24)15-29(42)44-2/h8-14,16-18,23-24,35H,3-7,15H2,1-2H3,(H,33,37)(H,36,41)/b13-9+/t23-,24+/m0/s1. The number of imidazole rings is 1. The Labute approximate surface area is 264 Å². The van der Waals surface area contributed by atoms with Gasteiger partial charge in [-0.2, -0.15) is 4.68 Å². The zero-order valence-electron chi connectivity index (χ0n) is 24.8. The number of nitrogens with one attached hydrogen (secondary N) is 3. The second-order valence-electron chi connectivity index (χ2n) is 10.4. The predicted molar refractivity (Wildman–Crippen MR) is 166 cm³/mol. The lowest BCUT2D eigenvalue weighted by Crippen LogP contribution is -2.32. The molecule has 45 heavy (non-hydrogen) atoms. The van der Waals surface area contributed by atoms with Gasteiger partial charge in [-0.1, -0.05) is 36.6 Å². The molecule has 0 saturated carbocycles. The lowest BCUT2D eigenvalue weighted by atomic mass is 10.0. The van der Waals surface area contributed by atoms with Gasteiger partial charge >= 0.3 is 11.9 Å². The van der Waals surface area contributed by atoms with Crippen LogP contribution >= 0.6 is 11.6 Å². The van der Waals surface area contributed by atoms with E-state index in [1.165, 1.54) is 24.2 Å². The largest absolute Gasteiger partial charge is 0.469 e. The fourth-order valence-corrected chi connectivity index (χ4v) is 5.30. The summed E-state index contributed by atoms with van der Waals surface area (Å²) in [5, 5.41) is 18.2. The second-order valence-corrected chi connectivity index (χ2v) is 10.8. The van der Waals surface area contributed by atoms with Crippen LogP contribution in [0.15, 0.2) is 55.0 Å². The Kier molecular flexibility index (Phi) is 10.2. The first kappa shape index (κ1) is 31.4. The van der Waals surface area contributed by atoms with E-state index in [1.807, 2.05) is 18.2 Å². The summed E-state index contributed by atoms with van der Waals surface area (Å²) in [5.41, 5.74) is 4.12. The number of fused-ring (bicyclic) bond motifs is 4. The van der Waals surface area contributed by atoms with Crippen molar-refractivity contribution in [2.45, 2.75) is 51.1 Å². The number of esters is 2. The smallest absolute Gasteiger partial charge is 0.328 e. The number of carbonyl (C=O) groups is 3. The quantitative estimate of drug-likeness (QED) is 0.189. The van der Waals surface area contributed by atoms with E-state index in [0.717, 1.165) is 11.1 Å². The molecule has 5 rings (SSSR count). The first-order chi connectivity index (χ1) is 21.8. The number of benzene rings is 2. The lowest BCUT2D eigenvalue weighted by molar-refractivity contribution is -0.144. The molecular weight excluding hydrogens is 600 g/mol. The monoisotopic (exact) mass is 632 g/mol. The number of methoxy groups -OCH3 is 1. The first-order valence-electron chi connectivity index (χ1n) is 14.5. The molecule has 0 aliphatic carbocycles. The van der Waals surface area contributed by atoms with Crippen molar-refractivity contribution in [3.05, 3.63) is 77.0 Å². The van der Waals surface area contributed by atoms with Gasteiger partial charge in [-0.05, 0) is 66.1 Å². The molecule has 2 aromatic carbocycles. The molecule has 1 amide bonds. The predicted octanol–water partition coefficient (Wildman–Crippen LogP) is 4.21. The maximum atomic E-state index is 13.2. The zero-order chi connectivity index (χ0) is 31.8. The Hall–Kier alpha value is -5.04. The van der Waals surface area contributed by atoms with Gasteiger partial charge in [0.2, 0.25) is 5.91 Å². The van der Waals surface area contributed by atoms with Crippen LogP contribution in [0.4, 0.5) is 5.69 Å². The summed E-state index contributed by atoms with van der Waals surface area (Å²) in [4.78, 5) is 46.0. The highest BCUT2D eigenvalue weighted by molar-refractivity contribution is 6.30. The molecular formula is C31H33ClN8O5. The Bertz CT molecular complexity index is 1690. The molecule has 4 aromatic rings. The third-order valence-electron chi connectivity index (χ3n) is 7.33. The van der Waals surface area contributed by atoms with Crippen molar-refractivity contribution in [3.8, 4) is 16.9 Å². The van der Waals surface area contributed by atoms with E-state index in [2.05, 4.69) is 36.1 Å². The van der Waals surface area contributed by atoms with E-state index >= 15 is 0 Å². The van der Waals surface area contributed by atoms with Gasteiger partial charge in [0, 0.05) is 27.9 Å². The van der Waals surface area contributed by atoms with Crippen molar-refractivity contribution in [2.75, 3.05) is 19.0 Å². The summed E-state index contributed by atoms with van der Waals surface area (Å²) in [6.45, 7) is 2.02. The number of aromatic amines is 1. The van der Waals surface area contributed by atoms with Gasteiger partial charge in [0.1, 0.15) is 18.2 Å². The van der Waals surface area contributed by atoms with Gasteiger partial charge in [0.15, 0.2) is 0 Å². The molecule has 14 heteroatoms. The van der Waals surface area contributed by atoms with Gasteiger partial charge in [-0.25, -0.2) is 9.78 Å². The minimum Gasteiger partial charge on any atom is -0.469 e. The summed E-state index contributed by atoms with van der Waals surface area (Å²) in [7, 11) is 1.34. The van der Waals surface area contributed by atoms with Crippen LogP contribution in [0.3, 0.4) is 0 Å². The first-order valence-corrected chi connectivity index (χ1v) is 14.9. The average Bonchev–Trinajstić information content (AvgIpc) is 3.74. The van der Waals surface area contributed by atoms with E-state index in [4.69, 9.17) is 21.1 Å². The number of hydrogen-bond donors (Lipinski definition) is 3. The molecule has 3 heterocycles. The van der Waals surface area contributed by atoms with Gasteiger partial charge < -0.3 is 25.1 Å². The highest BCUT2D eigenvalue weighted by Gasteiger charge is 2.25. The van der Waals surface area contributed by atoms with Crippen molar-refractivity contribution in [1.29, 1.82) is 0 Å². The normalized spacial score (nSPS) is 16.5. The van der Waals surface area contributed by atoms with Crippen molar-refractivity contribution < 1.29 is 23.9 Å². The van der Waals surface area contributed by atoms with Crippen LogP contribution in [0.1, 0.15) is 55.6 Å². The van der Waals surface area contributed by atoms with Gasteiger partial charge in [-0.3, -0.25) is 9.59 Å². The molecule has 0 spiro atoms. The van der Waals surface area contributed by atoms with Crippen molar-refractivity contribution >= 4 is 41.2 Å². The maximum Gasteiger partial charge on any atom is 0.328 e. The molecule has 0 saturated heterocycles. The molecule has 0 unspecified atom stereocenters. The number of tetrazole rings is 1. The van der Waals surface area contributed by atoms with Crippen molar-refractivity contribution in [2.24, 2.45) is 0 Å². The van der Waals surface area contributed by atoms with Crippen LogP contribution in [0.2, 0.25) is 5.02 Å². The van der Waals surface area contributed by atoms with E-state index in [0.29, 0.717) is 59.2 Å². The topological polar surface area (TPSA) is 166 Å². The number of H-pyrrole nitrogens is 1. The summed E-state index contributed by atoms with van der Waals surface area (Å²) >= 11 is 6.22. The van der Waals surface area contributed by atoms with Crippen LogP contribution in [0.5, 0.6) is 0 Å². The SMILES string of the molecule is CCOC(=O)[C@H]1CCCC[C@H](NC(=O)/C=C/c2cc(Cl)ccc2-n2cnnn2)c2ncc([nH]2)-c2ccc(CC(=O)OC)cc2N1. The fourth-order valence-electron chi connectivity index (χ4n) is 5.12. The molecule has 2 atom stereocenters. The molecule has 0 fully saturated rings. The van der Waals surface area contributed by atoms with Gasteiger partial charge in [-0.15, -0.1) is 5.10 Å².